The normalized spacial score (nSPS) is 10.6. The standard InChI is InChI=1S/C12H12ClN3O2S/c1-2-5-16-11(18)14-15-12(16)19-10-4-3-8(7-17)6-9(10)13/h3-4,6-7H,2,5H2,1H3,(H,14,18). The molecule has 0 aliphatic carbocycles. The van der Waals surface area contributed by atoms with Gasteiger partial charge in [0.1, 0.15) is 6.29 Å². The minimum atomic E-state index is -0.231. The molecule has 100 valence electrons. The Morgan fingerprint density at radius 3 is 2.95 bits per heavy atom. The molecular weight excluding hydrogens is 286 g/mol. The van der Waals surface area contributed by atoms with E-state index in [1.54, 1.807) is 22.8 Å². The largest absolute Gasteiger partial charge is 0.343 e. The van der Waals surface area contributed by atoms with E-state index in [0.717, 1.165) is 17.6 Å². The summed E-state index contributed by atoms with van der Waals surface area (Å²) in [5, 5.41) is 7.42. The Bertz CT molecular complexity index is 651. The number of rotatable bonds is 5. The van der Waals surface area contributed by atoms with Crippen LogP contribution in [0.25, 0.3) is 0 Å². The van der Waals surface area contributed by atoms with Crippen molar-refractivity contribution < 1.29 is 4.79 Å². The molecule has 0 aliphatic heterocycles. The van der Waals surface area contributed by atoms with Crippen molar-refractivity contribution in [1.29, 1.82) is 0 Å². The number of nitrogens with one attached hydrogen (secondary N) is 1. The monoisotopic (exact) mass is 297 g/mol. The van der Waals surface area contributed by atoms with Gasteiger partial charge < -0.3 is 0 Å². The molecule has 0 saturated heterocycles. The number of H-pyrrole nitrogens is 1. The van der Waals surface area contributed by atoms with Crippen LogP contribution < -0.4 is 5.69 Å². The van der Waals surface area contributed by atoms with Gasteiger partial charge in [0.25, 0.3) is 0 Å². The number of carbonyl (C=O) groups is 1. The zero-order valence-corrected chi connectivity index (χ0v) is 11.8. The van der Waals surface area contributed by atoms with Crippen molar-refractivity contribution in [2.45, 2.75) is 29.9 Å². The highest BCUT2D eigenvalue weighted by molar-refractivity contribution is 7.99. The van der Waals surface area contributed by atoms with E-state index in [-0.39, 0.29) is 5.69 Å². The topological polar surface area (TPSA) is 67.8 Å². The Morgan fingerprint density at radius 1 is 1.53 bits per heavy atom. The first kappa shape index (κ1) is 13.9. The molecule has 5 nitrogen and oxygen atoms in total. The van der Waals surface area contributed by atoms with Gasteiger partial charge >= 0.3 is 5.69 Å². The van der Waals surface area contributed by atoms with E-state index < -0.39 is 0 Å². The SMILES string of the molecule is CCCn1c(Sc2ccc(C=O)cc2Cl)n[nH]c1=O. The summed E-state index contributed by atoms with van der Waals surface area (Å²) in [5.41, 5.74) is 0.285. The Hall–Kier alpha value is -1.53. The number of hydrogen-bond donors (Lipinski definition) is 1. The lowest BCUT2D eigenvalue weighted by atomic mass is 10.2. The molecule has 7 heteroatoms. The van der Waals surface area contributed by atoms with Gasteiger partial charge in [-0.1, -0.05) is 24.6 Å². The van der Waals surface area contributed by atoms with Gasteiger partial charge in [-0.3, -0.25) is 9.36 Å². The van der Waals surface area contributed by atoms with Crippen LogP contribution in [-0.2, 0) is 6.54 Å². The van der Waals surface area contributed by atoms with Crippen LogP contribution in [0.15, 0.2) is 33.0 Å². The molecule has 0 spiro atoms. The van der Waals surface area contributed by atoms with Crippen molar-refractivity contribution in [3.63, 3.8) is 0 Å². The first-order chi connectivity index (χ1) is 9.15. The summed E-state index contributed by atoms with van der Waals surface area (Å²) >= 11 is 7.38. The summed E-state index contributed by atoms with van der Waals surface area (Å²) in [6.45, 7) is 2.58. The lowest BCUT2D eigenvalue weighted by molar-refractivity contribution is 0.112. The number of carbonyl (C=O) groups excluding carboxylic acids is 1. The van der Waals surface area contributed by atoms with E-state index in [0.29, 0.717) is 22.3 Å². The second kappa shape index (κ2) is 6.08. The molecule has 1 aromatic heterocycles. The van der Waals surface area contributed by atoms with Gasteiger partial charge in [0.15, 0.2) is 5.16 Å². The molecule has 1 heterocycles. The fourth-order valence-electron chi connectivity index (χ4n) is 1.57. The number of aromatic amines is 1. The van der Waals surface area contributed by atoms with E-state index in [2.05, 4.69) is 10.2 Å². The highest BCUT2D eigenvalue weighted by Crippen LogP contribution is 2.32. The predicted octanol–water partition coefficient (Wildman–Crippen LogP) is 2.60. The first-order valence-electron chi connectivity index (χ1n) is 5.73. The summed E-state index contributed by atoms with van der Waals surface area (Å²) in [7, 11) is 0. The van der Waals surface area contributed by atoms with Crippen molar-refractivity contribution in [3.05, 3.63) is 39.3 Å². The minimum absolute atomic E-state index is 0.231. The van der Waals surface area contributed by atoms with E-state index in [1.807, 2.05) is 6.92 Å². The minimum Gasteiger partial charge on any atom is -0.298 e. The average Bonchev–Trinajstić information content (AvgIpc) is 2.74. The molecule has 0 atom stereocenters. The molecular formula is C12H12ClN3O2S. The van der Waals surface area contributed by atoms with E-state index in [1.165, 1.54) is 11.8 Å². The molecule has 1 aromatic carbocycles. The number of halogens is 1. The number of nitrogens with zero attached hydrogens (tertiary/aromatic N) is 2. The van der Waals surface area contributed by atoms with Gasteiger partial charge in [-0.2, -0.15) is 0 Å². The van der Waals surface area contributed by atoms with Gasteiger partial charge in [-0.25, -0.2) is 9.89 Å². The molecule has 0 radical (unpaired) electrons. The maximum Gasteiger partial charge on any atom is 0.343 e. The zero-order valence-electron chi connectivity index (χ0n) is 10.2. The quantitative estimate of drug-likeness (QED) is 0.861. The maximum atomic E-state index is 11.6. The highest BCUT2D eigenvalue weighted by atomic mass is 35.5. The Kier molecular flexibility index (Phi) is 4.44. The van der Waals surface area contributed by atoms with Gasteiger partial charge in [-0.05, 0) is 30.3 Å². The average molecular weight is 298 g/mol. The number of aromatic nitrogens is 3. The molecule has 2 rings (SSSR count). The summed E-state index contributed by atoms with van der Waals surface area (Å²) in [6.07, 6.45) is 1.58. The third-order valence-electron chi connectivity index (χ3n) is 2.46. The zero-order chi connectivity index (χ0) is 13.8. The van der Waals surface area contributed by atoms with Gasteiger partial charge in [0.2, 0.25) is 0 Å². The maximum absolute atomic E-state index is 11.6. The number of benzene rings is 1. The Balaban J connectivity index is 2.31. The van der Waals surface area contributed by atoms with E-state index in [9.17, 15) is 9.59 Å². The van der Waals surface area contributed by atoms with Crippen molar-refractivity contribution >= 4 is 29.6 Å². The molecule has 0 unspecified atom stereocenters. The van der Waals surface area contributed by atoms with Crippen LogP contribution in [0.2, 0.25) is 5.02 Å². The third-order valence-corrected chi connectivity index (χ3v) is 3.96. The van der Waals surface area contributed by atoms with Crippen LogP contribution in [0, 0.1) is 0 Å². The smallest absolute Gasteiger partial charge is 0.298 e. The molecule has 0 saturated carbocycles. The fraction of sp³-hybridized carbons (Fsp3) is 0.250. The summed E-state index contributed by atoms with van der Waals surface area (Å²) < 4.78 is 1.56. The van der Waals surface area contributed by atoms with E-state index >= 15 is 0 Å². The molecule has 0 fully saturated rings. The van der Waals surface area contributed by atoms with Gasteiger partial charge in [-0.15, -0.1) is 5.10 Å². The molecule has 2 aromatic rings. The fourth-order valence-corrected chi connectivity index (χ4v) is 2.74. The molecule has 19 heavy (non-hydrogen) atoms. The van der Waals surface area contributed by atoms with Crippen LogP contribution in [-0.4, -0.2) is 21.1 Å². The number of aldehydes is 1. The van der Waals surface area contributed by atoms with Crippen molar-refractivity contribution in [2.75, 3.05) is 0 Å². The van der Waals surface area contributed by atoms with E-state index in [4.69, 9.17) is 11.6 Å². The van der Waals surface area contributed by atoms with Crippen molar-refractivity contribution in [2.24, 2.45) is 0 Å². The Morgan fingerprint density at radius 2 is 2.32 bits per heavy atom. The molecule has 1 N–H and O–H groups in total. The van der Waals surface area contributed by atoms with Crippen molar-refractivity contribution in [3.8, 4) is 0 Å². The second-order valence-corrected chi connectivity index (χ2v) is 5.29. The van der Waals surface area contributed by atoms with Crippen LogP contribution in [0.5, 0.6) is 0 Å². The molecule has 0 aliphatic rings. The second-order valence-electron chi connectivity index (χ2n) is 3.87. The highest BCUT2D eigenvalue weighted by Gasteiger charge is 2.11. The van der Waals surface area contributed by atoms with Crippen molar-refractivity contribution in [1.82, 2.24) is 14.8 Å². The van der Waals surface area contributed by atoms with Gasteiger partial charge in [0.05, 0.1) is 5.02 Å². The Labute approximate surface area is 119 Å². The predicted molar refractivity (Wildman–Crippen MR) is 74.1 cm³/mol. The third kappa shape index (κ3) is 3.08. The first-order valence-corrected chi connectivity index (χ1v) is 6.93. The molecule has 0 bridgehead atoms. The van der Waals surface area contributed by atoms with Crippen LogP contribution >= 0.6 is 23.4 Å². The van der Waals surface area contributed by atoms with Crippen LogP contribution in [0.4, 0.5) is 0 Å². The van der Waals surface area contributed by atoms with Crippen LogP contribution in [0.1, 0.15) is 23.7 Å². The summed E-state index contributed by atoms with van der Waals surface area (Å²) in [4.78, 5) is 23.0. The van der Waals surface area contributed by atoms with Crippen LogP contribution in [0.3, 0.4) is 0 Å². The summed E-state index contributed by atoms with van der Waals surface area (Å²) in [6, 6.07) is 5.01. The molecule has 0 amide bonds. The lowest BCUT2D eigenvalue weighted by Crippen LogP contribution is -2.17. The summed E-state index contributed by atoms with van der Waals surface area (Å²) in [5.74, 6) is 0. The number of hydrogen-bond acceptors (Lipinski definition) is 4. The lowest BCUT2D eigenvalue weighted by Gasteiger charge is -2.05. The van der Waals surface area contributed by atoms with Gasteiger partial charge in [0, 0.05) is 17.0 Å².